The van der Waals surface area contributed by atoms with Crippen LogP contribution in [0.15, 0.2) is 23.2 Å². The van der Waals surface area contributed by atoms with E-state index in [1.165, 1.54) is 0 Å². The lowest BCUT2D eigenvalue weighted by Gasteiger charge is -2.15. The van der Waals surface area contributed by atoms with Crippen molar-refractivity contribution in [2.24, 2.45) is 16.5 Å². The number of carboxylic acid groups (broad SMARTS) is 1. The Kier molecular flexibility index (Phi) is 7.74. The minimum absolute atomic E-state index is 0.314. The predicted molar refractivity (Wildman–Crippen MR) is 90.5 cm³/mol. The molecule has 0 saturated carbocycles. The van der Waals surface area contributed by atoms with Gasteiger partial charge in [0.25, 0.3) is 5.91 Å². The molecule has 2 amide bonds. The maximum Gasteiger partial charge on any atom is 0.416 e. The van der Waals surface area contributed by atoms with Crippen molar-refractivity contribution in [3.63, 3.8) is 0 Å². The summed E-state index contributed by atoms with van der Waals surface area (Å²) in [6, 6.07) is 1.10. The van der Waals surface area contributed by atoms with Gasteiger partial charge in [-0.25, -0.2) is 4.99 Å². The summed E-state index contributed by atoms with van der Waals surface area (Å²) in [5, 5.41) is 21.8. The first kappa shape index (κ1) is 22.7. The number of rotatable bonds is 8. The number of hydrogen-bond acceptors (Lipinski definition) is 5. The van der Waals surface area contributed by atoms with Crippen LogP contribution >= 0.6 is 0 Å². The summed E-state index contributed by atoms with van der Waals surface area (Å²) in [5.41, 5.74) is 8.33. The van der Waals surface area contributed by atoms with E-state index in [1.807, 2.05) is 0 Å². The predicted octanol–water partition coefficient (Wildman–Crippen LogP) is -0.708. The molecule has 1 aromatic carbocycles. The van der Waals surface area contributed by atoms with Gasteiger partial charge >= 0.3 is 12.1 Å². The van der Waals surface area contributed by atoms with Crippen LogP contribution in [-0.2, 0) is 15.8 Å². The molecule has 1 atom stereocenters. The van der Waals surface area contributed by atoms with Gasteiger partial charge < -0.3 is 32.3 Å². The largest absolute Gasteiger partial charge is 0.481 e. The first-order valence-electron chi connectivity index (χ1n) is 7.64. The molecule has 1 aromatic rings. The minimum Gasteiger partial charge on any atom is -0.481 e. The molecule has 28 heavy (non-hydrogen) atoms. The van der Waals surface area contributed by atoms with Gasteiger partial charge in [0, 0.05) is 5.56 Å². The van der Waals surface area contributed by atoms with E-state index < -0.39 is 66.7 Å². The van der Waals surface area contributed by atoms with Crippen molar-refractivity contribution < 1.29 is 37.8 Å². The average Bonchev–Trinajstić information content (AvgIpc) is 2.56. The lowest BCUT2D eigenvalue weighted by molar-refractivity contribution is -0.138. The molecule has 10 nitrogen and oxygen atoms in total. The van der Waals surface area contributed by atoms with Gasteiger partial charge in [0.1, 0.15) is 0 Å². The summed E-state index contributed by atoms with van der Waals surface area (Å²) < 4.78 is 38.9. The Hall–Kier alpha value is -3.35. The molecule has 0 heterocycles. The number of aliphatic imine (C=N–C) groups is 1. The number of guanidine groups is 1. The SMILES string of the molecule is NC(N)=Nc1cc(C(=O)NCC(=O)N[C@H](CO)CC(=O)O)cc(C(F)(F)F)c1. The van der Waals surface area contributed by atoms with Crippen LogP contribution in [0.3, 0.4) is 0 Å². The number of nitrogens with zero attached hydrogens (tertiary/aromatic N) is 1. The number of nitrogens with two attached hydrogens (primary N) is 2. The Bertz CT molecular complexity index is 778. The highest BCUT2D eigenvalue weighted by molar-refractivity contribution is 5.97. The van der Waals surface area contributed by atoms with Crippen molar-refractivity contribution in [1.29, 1.82) is 0 Å². The minimum atomic E-state index is -4.77. The summed E-state index contributed by atoms with van der Waals surface area (Å²) in [6.45, 7) is -1.32. The van der Waals surface area contributed by atoms with Crippen LogP contribution in [0.1, 0.15) is 22.3 Å². The number of nitrogens with one attached hydrogen (secondary N) is 2. The van der Waals surface area contributed by atoms with Gasteiger partial charge in [-0.1, -0.05) is 0 Å². The molecule has 0 aliphatic heterocycles. The molecular formula is C15H18F3N5O5. The zero-order valence-electron chi connectivity index (χ0n) is 14.3. The highest BCUT2D eigenvalue weighted by Crippen LogP contribution is 2.32. The van der Waals surface area contributed by atoms with E-state index in [2.05, 4.69) is 15.6 Å². The van der Waals surface area contributed by atoms with Gasteiger partial charge in [0.05, 0.1) is 36.9 Å². The summed E-state index contributed by atoms with van der Waals surface area (Å²) in [4.78, 5) is 37.8. The second-order valence-electron chi connectivity index (χ2n) is 5.53. The Balaban J connectivity index is 2.89. The van der Waals surface area contributed by atoms with Crippen molar-refractivity contribution in [3.05, 3.63) is 29.3 Å². The number of aliphatic hydroxyl groups is 1. The van der Waals surface area contributed by atoms with Gasteiger partial charge in [-0.05, 0) is 18.2 Å². The normalized spacial score (nSPS) is 12.0. The molecule has 0 saturated heterocycles. The highest BCUT2D eigenvalue weighted by Gasteiger charge is 2.32. The molecular weight excluding hydrogens is 387 g/mol. The summed E-state index contributed by atoms with van der Waals surface area (Å²) in [7, 11) is 0. The molecule has 0 spiro atoms. The van der Waals surface area contributed by atoms with E-state index in [-0.39, 0.29) is 5.69 Å². The number of carbonyl (C=O) groups is 3. The first-order chi connectivity index (χ1) is 12.9. The molecule has 0 fully saturated rings. The lowest BCUT2D eigenvalue weighted by Crippen LogP contribution is -2.44. The highest BCUT2D eigenvalue weighted by atomic mass is 19.4. The fraction of sp³-hybridized carbons (Fsp3) is 0.333. The molecule has 0 aliphatic carbocycles. The van der Waals surface area contributed by atoms with Crippen molar-refractivity contribution in [2.45, 2.75) is 18.6 Å². The number of aliphatic carboxylic acids is 1. The van der Waals surface area contributed by atoms with Crippen LogP contribution in [0.25, 0.3) is 0 Å². The fourth-order valence-corrected chi connectivity index (χ4v) is 2.03. The summed E-state index contributed by atoms with van der Waals surface area (Å²) >= 11 is 0. The molecule has 0 aromatic heterocycles. The third kappa shape index (κ3) is 7.49. The number of carbonyl (C=O) groups excluding carboxylic acids is 2. The van der Waals surface area contributed by atoms with Gasteiger partial charge in [0.15, 0.2) is 5.96 Å². The van der Waals surface area contributed by atoms with Crippen LogP contribution < -0.4 is 22.1 Å². The van der Waals surface area contributed by atoms with Crippen LogP contribution in [0.5, 0.6) is 0 Å². The number of amides is 2. The lowest BCUT2D eigenvalue weighted by atomic mass is 10.1. The van der Waals surface area contributed by atoms with E-state index in [4.69, 9.17) is 21.7 Å². The second kappa shape index (κ2) is 9.55. The van der Waals surface area contributed by atoms with E-state index in [0.717, 1.165) is 6.07 Å². The van der Waals surface area contributed by atoms with Crippen molar-refractivity contribution >= 4 is 29.4 Å². The number of carboxylic acids is 1. The van der Waals surface area contributed by atoms with E-state index >= 15 is 0 Å². The van der Waals surface area contributed by atoms with Crippen LogP contribution in [0.4, 0.5) is 18.9 Å². The number of alkyl halides is 3. The molecule has 13 heteroatoms. The Morgan fingerprint density at radius 2 is 1.82 bits per heavy atom. The molecule has 0 bridgehead atoms. The van der Waals surface area contributed by atoms with Crippen LogP contribution in [0, 0.1) is 0 Å². The van der Waals surface area contributed by atoms with Crippen molar-refractivity contribution in [3.8, 4) is 0 Å². The monoisotopic (exact) mass is 405 g/mol. The fourth-order valence-electron chi connectivity index (χ4n) is 2.03. The van der Waals surface area contributed by atoms with Gasteiger partial charge in [0.2, 0.25) is 5.91 Å². The molecule has 0 aliphatic rings. The summed E-state index contributed by atoms with van der Waals surface area (Å²) in [6.07, 6.45) is -5.32. The Morgan fingerprint density at radius 3 is 2.32 bits per heavy atom. The number of halogens is 3. The van der Waals surface area contributed by atoms with Gasteiger partial charge in [-0.3, -0.25) is 14.4 Å². The zero-order valence-corrected chi connectivity index (χ0v) is 14.3. The smallest absolute Gasteiger partial charge is 0.416 e. The van der Waals surface area contributed by atoms with Gasteiger partial charge in [-0.15, -0.1) is 0 Å². The number of hydrogen-bond donors (Lipinski definition) is 6. The van der Waals surface area contributed by atoms with Gasteiger partial charge in [-0.2, -0.15) is 13.2 Å². The third-order valence-electron chi connectivity index (χ3n) is 3.18. The number of aliphatic hydroxyl groups excluding tert-OH is 1. The van der Waals surface area contributed by atoms with Crippen molar-refractivity contribution in [2.75, 3.05) is 13.2 Å². The molecule has 0 unspecified atom stereocenters. The Morgan fingerprint density at radius 1 is 1.18 bits per heavy atom. The topological polar surface area (TPSA) is 180 Å². The molecule has 8 N–H and O–H groups in total. The van der Waals surface area contributed by atoms with Crippen LogP contribution in [-0.4, -0.2) is 53.1 Å². The quantitative estimate of drug-likeness (QED) is 0.244. The standard InChI is InChI=1S/C15H18F3N5O5/c16-15(17,18)8-1-7(2-9(3-8)23-14(19)20)13(28)21-5-11(25)22-10(6-24)4-12(26)27/h1-3,10,24H,4-6H2,(H,21,28)(H,22,25)(H,26,27)(H4,19,20,23)/t10-/m0/s1. The molecule has 0 radical (unpaired) electrons. The number of benzene rings is 1. The van der Waals surface area contributed by atoms with E-state index in [1.54, 1.807) is 0 Å². The van der Waals surface area contributed by atoms with Crippen molar-refractivity contribution in [1.82, 2.24) is 10.6 Å². The molecule has 1 rings (SSSR count). The molecule has 154 valence electrons. The average molecular weight is 405 g/mol. The first-order valence-corrected chi connectivity index (χ1v) is 7.64. The Labute approximate surface area is 156 Å². The maximum absolute atomic E-state index is 13.0. The van der Waals surface area contributed by atoms with E-state index in [9.17, 15) is 27.6 Å². The third-order valence-corrected chi connectivity index (χ3v) is 3.18. The zero-order chi connectivity index (χ0) is 21.5. The van der Waals surface area contributed by atoms with Crippen LogP contribution in [0.2, 0.25) is 0 Å². The second-order valence-corrected chi connectivity index (χ2v) is 5.53. The van der Waals surface area contributed by atoms with E-state index in [0.29, 0.717) is 12.1 Å². The maximum atomic E-state index is 13.0. The summed E-state index contributed by atoms with van der Waals surface area (Å²) in [5.74, 6) is -3.64.